The molecule has 0 aliphatic carbocycles. The molecule has 0 amide bonds. The first-order chi connectivity index (χ1) is 7.31. The van der Waals surface area contributed by atoms with Crippen LogP contribution in [0.25, 0.3) is 0 Å². The molecule has 0 fully saturated rings. The zero-order valence-electron chi connectivity index (χ0n) is 9.26. The van der Waals surface area contributed by atoms with Gasteiger partial charge in [0.05, 0.1) is 6.54 Å². The monoisotopic (exact) mass is 212 g/mol. The van der Waals surface area contributed by atoms with Gasteiger partial charge in [-0.1, -0.05) is 0 Å². The molecule has 86 valence electrons. The SMILES string of the molecule is CCn1ncnc1CN(CCN)CCN. The summed E-state index contributed by atoms with van der Waals surface area (Å²) in [7, 11) is 0. The molecule has 1 aromatic heterocycles. The second-order valence-corrected chi connectivity index (χ2v) is 3.35. The first kappa shape index (κ1) is 12.1. The highest BCUT2D eigenvalue weighted by Gasteiger charge is 2.08. The summed E-state index contributed by atoms with van der Waals surface area (Å²) in [4.78, 5) is 6.41. The van der Waals surface area contributed by atoms with Gasteiger partial charge >= 0.3 is 0 Å². The van der Waals surface area contributed by atoms with Gasteiger partial charge in [0.2, 0.25) is 0 Å². The highest BCUT2D eigenvalue weighted by molar-refractivity contribution is 4.84. The number of hydrogen-bond donors (Lipinski definition) is 2. The Kier molecular flexibility index (Phi) is 5.23. The van der Waals surface area contributed by atoms with E-state index in [-0.39, 0.29) is 0 Å². The summed E-state index contributed by atoms with van der Waals surface area (Å²) >= 11 is 0. The number of aryl methyl sites for hydroxylation is 1. The Morgan fingerprint density at radius 2 is 2.00 bits per heavy atom. The molecule has 0 aromatic carbocycles. The smallest absolute Gasteiger partial charge is 0.140 e. The van der Waals surface area contributed by atoms with Crippen molar-refractivity contribution in [1.29, 1.82) is 0 Å². The maximum Gasteiger partial charge on any atom is 0.140 e. The van der Waals surface area contributed by atoms with E-state index >= 15 is 0 Å². The van der Waals surface area contributed by atoms with Crippen LogP contribution in [0, 0.1) is 0 Å². The van der Waals surface area contributed by atoms with Crippen LogP contribution < -0.4 is 11.5 Å². The predicted molar refractivity (Wildman–Crippen MR) is 59.1 cm³/mol. The minimum atomic E-state index is 0.639. The van der Waals surface area contributed by atoms with E-state index in [2.05, 4.69) is 15.0 Å². The van der Waals surface area contributed by atoms with Gasteiger partial charge in [0.25, 0.3) is 0 Å². The van der Waals surface area contributed by atoms with Crippen LogP contribution in [0.15, 0.2) is 6.33 Å². The van der Waals surface area contributed by atoms with Crippen LogP contribution in [0.4, 0.5) is 0 Å². The Labute approximate surface area is 90.3 Å². The van der Waals surface area contributed by atoms with Gasteiger partial charge in [-0.05, 0) is 6.92 Å². The standard InChI is InChI=1S/C9H20N6/c1-2-15-9(12-8-13-15)7-14(5-3-10)6-4-11/h8H,2-7,10-11H2,1H3. The summed E-state index contributed by atoms with van der Waals surface area (Å²) in [6, 6.07) is 0. The lowest BCUT2D eigenvalue weighted by atomic mass is 10.4. The van der Waals surface area contributed by atoms with Crippen LogP contribution in [-0.4, -0.2) is 45.8 Å². The zero-order chi connectivity index (χ0) is 11.1. The molecule has 0 aliphatic rings. The molecular formula is C9H20N6. The fraction of sp³-hybridized carbons (Fsp3) is 0.778. The van der Waals surface area contributed by atoms with Crippen LogP contribution in [0.2, 0.25) is 0 Å². The minimum absolute atomic E-state index is 0.639. The molecule has 0 unspecified atom stereocenters. The summed E-state index contributed by atoms with van der Waals surface area (Å²) < 4.78 is 1.89. The normalized spacial score (nSPS) is 11.2. The molecule has 0 atom stereocenters. The van der Waals surface area contributed by atoms with E-state index in [0.29, 0.717) is 13.1 Å². The van der Waals surface area contributed by atoms with Gasteiger partial charge in [-0.15, -0.1) is 0 Å². The summed E-state index contributed by atoms with van der Waals surface area (Å²) in [5, 5.41) is 4.12. The Bertz CT molecular complexity index is 265. The third kappa shape index (κ3) is 3.58. The number of nitrogens with two attached hydrogens (primary N) is 2. The summed E-state index contributed by atoms with van der Waals surface area (Å²) in [5.41, 5.74) is 11.1. The van der Waals surface area contributed by atoms with Gasteiger partial charge in [-0.2, -0.15) is 5.10 Å². The fourth-order valence-corrected chi connectivity index (χ4v) is 1.51. The van der Waals surface area contributed by atoms with Crippen LogP contribution in [-0.2, 0) is 13.1 Å². The second-order valence-electron chi connectivity index (χ2n) is 3.35. The molecule has 0 radical (unpaired) electrons. The number of aromatic nitrogens is 3. The zero-order valence-corrected chi connectivity index (χ0v) is 9.26. The summed E-state index contributed by atoms with van der Waals surface area (Å²) in [6.45, 7) is 6.62. The Hall–Kier alpha value is -0.980. The van der Waals surface area contributed by atoms with Crippen molar-refractivity contribution >= 4 is 0 Å². The summed E-state index contributed by atoms with van der Waals surface area (Å²) in [6.07, 6.45) is 1.59. The average Bonchev–Trinajstić information content (AvgIpc) is 2.66. The predicted octanol–water partition coefficient (Wildman–Crippen LogP) is -0.983. The van der Waals surface area contributed by atoms with Gasteiger partial charge < -0.3 is 11.5 Å². The number of rotatable bonds is 7. The van der Waals surface area contributed by atoms with Crippen molar-refractivity contribution in [1.82, 2.24) is 19.7 Å². The number of hydrogen-bond acceptors (Lipinski definition) is 5. The summed E-state index contributed by atoms with van der Waals surface area (Å²) in [5.74, 6) is 0.972. The first-order valence-electron chi connectivity index (χ1n) is 5.31. The molecule has 4 N–H and O–H groups in total. The minimum Gasteiger partial charge on any atom is -0.329 e. The van der Waals surface area contributed by atoms with Gasteiger partial charge in [-0.3, -0.25) is 4.90 Å². The maximum absolute atomic E-state index is 5.53. The van der Waals surface area contributed by atoms with Gasteiger partial charge in [0.1, 0.15) is 12.2 Å². The lowest BCUT2D eigenvalue weighted by Gasteiger charge is -2.19. The molecule has 0 aliphatic heterocycles. The number of nitrogens with zero attached hydrogens (tertiary/aromatic N) is 4. The van der Waals surface area contributed by atoms with Crippen LogP contribution >= 0.6 is 0 Å². The van der Waals surface area contributed by atoms with Gasteiger partial charge in [0, 0.05) is 32.7 Å². The maximum atomic E-state index is 5.53. The third-order valence-electron chi connectivity index (χ3n) is 2.25. The van der Waals surface area contributed by atoms with Crippen molar-refractivity contribution in [3.63, 3.8) is 0 Å². The van der Waals surface area contributed by atoms with Crippen LogP contribution in [0.5, 0.6) is 0 Å². The van der Waals surface area contributed by atoms with Crippen molar-refractivity contribution in [3.05, 3.63) is 12.2 Å². The first-order valence-corrected chi connectivity index (χ1v) is 5.31. The molecule has 0 bridgehead atoms. The van der Waals surface area contributed by atoms with E-state index in [1.165, 1.54) is 0 Å². The molecule has 6 nitrogen and oxygen atoms in total. The Morgan fingerprint density at radius 3 is 2.53 bits per heavy atom. The molecule has 0 saturated carbocycles. The van der Waals surface area contributed by atoms with E-state index in [1.54, 1.807) is 6.33 Å². The van der Waals surface area contributed by atoms with Crippen molar-refractivity contribution in [2.45, 2.75) is 20.0 Å². The molecule has 0 spiro atoms. The van der Waals surface area contributed by atoms with E-state index in [1.807, 2.05) is 11.6 Å². The van der Waals surface area contributed by atoms with Crippen molar-refractivity contribution in [2.24, 2.45) is 11.5 Å². The molecule has 1 aromatic rings. The average molecular weight is 212 g/mol. The van der Waals surface area contributed by atoms with Gasteiger partial charge in [-0.25, -0.2) is 9.67 Å². The lowest BCUT2D eigenvalue weighted by Crippen LogP contribution is -2.34. The van der Waals surface area contributed by atoms with E-state index in [9.17, 15) is 0 Å². The Balaban J connectivity index is 2.56. The topological polar surface area (TPSA) is 86.0 Å². The molecule has 6 heteroatoms. The molecular weight excluding hydrogens is 192 g/mol. The largest absolute Gasteiger partial charge is 0.329 e. The van der Waals surface area contributed by atoms with Crippen LogP contribution in [0.3, 0.4) is 0 Å². The lowest BCUT2D eigenvalue weighted by molar-refractivity contribution is 0.268. The molecule has 0 saturated heterocycles. The fourth-order valence-electron chi connectivity index (χ4n) is 1.51. The van der Waals surface area contributed by atoms with Crippen molar-refractivity contribution in [2.75, 3.05) is 26.2 Å². The van der Waals surface area contributed by atoms with Crippen molar-refractivity contribution in [3.8, 4) is 0 Å². The highest BCUT2D eigenvalue weighted by atomic mass is 15.3. The third-order valence-corrected chi connectivity index (χ3v) is 2.25. The van der Waals surface area contributed by atoms with E-state index < -0.39 is 0 Å². The highest BCUT2D eigenvalue weighted by Crippen LogP contribution is 1.99. The van der Waals surface area contributed by atoms with Crippen molar-refractivity contribution < 1.29 is 0 Å². The van der Waals surface area contributed by atoms with Gasteiger partial charge in [0.15, 0.2) is 0 Å². The van der Waals surface area contributed by atoms with Crippen LogP contribution in [0.1, 0.15) is 12.7 Å². The molecule has 15 heavy (non-hydrogen) atoms. The second kappa shape index (κ2) is 6.49. The van der Waals surface area contributed by atoms with E-state index in [0.717, 1.165) is 32.0 Å². The quantitative estimate of drug-likeness (QED) is 0.606. The molecule has 1 rings (SSSR count). The molecule has 1 heterocycles. The van der Waals surface area contributed by atoms with E-state index in [4.69, 9.17) is 11.5 Å². The Morgan fingerprint density at radius 1 is 1.33 bits per heavy atom.